The molecule has 1 fully saturated rings. The van der Waals surface area contributed by atoms with Crippen LogP contribution >= 0.6 is 15.9 Å². The molecule has 3 aliphatic rings. The summed E-state index contributed by atoms with van der Waals surface area (Å²) in [5.74, 6) is -2.07. The average Bonchev–Trinajstić information content (AvgIpc) is 1.63. The number of amides is 4. The summed E-state index contributed by atoms with van der Waals surface area (Å²) in [7, 11) is -2.48. The summed E-state index contributed by atoms with van der Waals surface area (Å²) >= 11 is 3.40. The van der Waals surface area contributed by atoms with E-state index >= 15 is 0 Å². The van der Waals surface area contributed by atoms with Gasteiger partial charge >= 0.3 is 7.12 Å². The van der Waals surface area contributed by atoms with Gasteiger partial charge in [0.1, 0.15) is 46.0 Å². The minimum atomic E-state index is -3.74. The number of sulfonamides is 2. The van der Waals surface area contributed by atoms with Gasteiger partial charge in [0.25, 0.3) is 23.6 Å². The van der Waals surface area contributed by atoms with E-state index in [9.17, 15) is 53.6 Å². The van der Waals surface area contributed by atoms with Crippen LogP contribution in [-0.4, -0.2) is 122 Å². The van der Waals surface area contributed by atoms with Crippen LogP contribution < -0.4 is 24.7 Å². The van der Waals surface area contributed by atoms with Crippen LogP contribution in [0, 0.1) is 23.3 Å². The highest BCUT2D eigenvalue weighted by atomic mass is 79.9. The van der Waals surface area contributed by atoms with Gasteiger partial charge in [-0.25, -0.2) is 34.4 Å². The summed E-state index contributed by atoms with van der Waals surface area (Å²) in [5, 5.41) is 6.10. The second-order valence-electron chi connectivity index (χ2n) is 25.5. The quantitative estimate of drug-likeness (QED) is 0.0767. The third kappa shape index (κ3) is 15.5. The van der Waals surface area contributed by atoms with Crippen molar-refractivity contribution in [3.8, 4) is 33.8 Å². The molecule has 0 atom stereocenters. The molecule has 0 radical (unpaired) electrons. The molecular weight excluding hydrogens is 1410 g/mol. The number of benzene rings is 8. The molecule has 4 amide bonds. The third-order valence-electron chi connectivity index (χ3n) is 18.3. The van der Waals surface area contributed by atoms with Gasteiger partial charge in [0.2, 0.25) is 20.0 Å². The van der Waals surface area contributed by atoms with Crippen LogP contribution in [0.1, 0.15) is 98.8 Å². The Morgan fingerprint density at radius 1 is 0.525 bits per heavy atom. The van der Waals surface area contributed by atoms with E-state index < -0.39 is 61.8 Å². The van der Waals surface area contributed by atoms with Crippen molar-refractivity contribution in [1.82, 2.24) is 20.4 Å². The molecule has 526 valence electrons. The van der Waals surface area contributed by atoms with E-state index in [-0.39, 0.29) is 70.4 Å². The lowest BCUT2D eigenvalue weighted by Crippen LogP contribution is -2.41. The number of furan rings is 2. The molecule has 13 rings (SSSR count). The van der Waals surface area contributed by atoms with Gasteiger partial charge in [-0.3, -0.25) is 27.8 Å². The van der Waals surface area contributed by atoms with Crippen molar-refractivity contribution in [3.63, 3.8) is 0 Å². The van der Waals surface area contributed by atoms with E-state index in [2.05, 4.69) is 26.6 Å². The maximum Gasteiger partial charge on any atom is 0.497 e. The van der Waals surface area contributed by atoms with Gasteiger partial charge in [-0.05, 0) is 171 Å². The van der Waals surface area contributed by atoms with E-state index in [0.29, 0.717) is 82.3 Å². The lowest BCUT2D eigenvalue weighted by atomic mass is 9.77. The number of nitrogens with one attached hydrogen (secondary N) is 2. The minimum absolute atomic E-state index is 0. The van der Waals surface area contributed by atoms with Crippen LogP contribution in [0.15, 0.2) is 171 Å². The second-order valence-corrected chi connectivity index (χ2v) is 30.4. The van der Waals surface area contributed by atoms with Crippen molar-refractivity contribution in [1.29, 1.82) is 0 Å². The van der Waals surface area contributed by atoms with Crippen LogP contribution in [0.4, 0.5) is 28.9 Å². The fraction of sp³-hybridized carbons (Fsp3) is 0.253. The smallest absolute Gasteiger partial charge is 0.455 e. The highest BCUT2D eigenvalue weighted by molar-refractivity contribution is 9.10. The Morgan fingerprint density at radius 2 is 0.901 bits per heavy atom. The normalized spacial score (nSPS) is 14.6. The molecule has 2 aromatic heterocycles. The first kappa shape index (κ1) is 74.1. The van der Waals surface area contributed by atoms with E-state index in [4.69, 9.17) is 18.1 Å². The van der Waals surface area contributed by atoms with Crippen LogP contribution in [0.3, 0.4) is 0 Å². The first-order valence-electron chi connectivity index (χ1n) is 31.6. The number of hydrogen-bond acceptors (Lipinski definition) is 12. The topological polar surface area (TPSA) is 218 Å². The molecule has 5 heterocycles. The molecule has 10 aromatic rings. The fourth-order valence-corrected chi connectivity index (χ4v) is 13.4. The molecule has 2 N–H and O–H groups in total. The number of anilines is 2. The molecule has 0 spiro atoms. The standard InChI is InChI=1S/C34H29F2N3O5S.C24H28BFN2O6S.C16H13BrFNO.CH4/c1-37-33(40)31-28-17-26(29(38(2)45(3,42)43)18-30(28)44-32(31)22-8-12-25(36)13-9-22)23-7-6-21-14-15-39(34(41)27(21)16-23)19-20-4-10-24(35)11-5-20;1-23(2)24(3,4)34-25(33-23)17-12-16-19(13-18(17)28(6)35(7,30)31)32-21(20(16)22(29)27-5)14-8-10-15(26)11-9-14;17-13-4-3-12-7-8-19(16(20)15(12)9-13)10-11-1-5-14(18)6-2-11;/h4-13,16-18H,14-15,19H2,1-3H3,(H,37,40);8-13H,1-7H3,(H,27,29);1-6,9H,7-8,10H2;1H4. The summed E-state index contributed by atoms with van der Waals surface area (Å²) in [6.07, 6.45) is 3.64. The summed E-state index contributed by atoms with van der Waals surface area (Å²) < 4.78 is 132. The Kier molecular flexibility index (Phi) is 21.4. The van der Waals surface area contributed by atoms with E-state index in [1.807, 2.05) is 62.9 Å². The number of fused-ring (bicyclic) bond motifs is 4. The lowest BCUT2D eigenvalue weighted by Gasteiger charge is -2.32. The van der Waals surface area contributed by atoms with Crippen LogP contribution in [0.2, 0.25) is 0 Å². The Bertz CT molecular complexity index is 5080. The molecule has 0 aliphatic carbocycles. The Hall–Kier alpha value is -9.60. The van der Waals surface area contributed by atoms with Gasteiger partial charge in [0.05, 0.1) is 46.2 Å². The molecule has 26 heteroatoms. The second kappa shape index (κ2) is 29.2. The Balaban J connectivity index is 0.000000174. The van der Waals surface area contributed by atoms with Gasteiger partial charge in [-0.2, -0.15) is 0 Å². The number of nitrogens with zero attached hydrogens (tertiary/aromatic N) is 4. The summed E-state index contributed by atoms with van der Waals surface area (Å²) in [6.45, 7) is 9.60. The van der Waals surface area contributed by atoms with Gasteiger partial charge in [0.15, 0.2) is 0 Å². The first-order valence-corrected chi connectivity index (χ1v) is 36.1. The predicted molar refractivity (Wildman–Crippen MR) is 388 cm³/mol. The molecule has 8 aromatic carbocycles. The van der Waals surface area contributed by atoms with Gasteiger partial charge in [0, 0.05) is 115 Å². The molecule has 0 saturated carbocycles. The van der Waals surface area contributed by atoms with Gasteiger partial charge in [-0.15, -0.1) is 0 Å². The third-order valence-corrected chi connectivity index (χ3v) is 21.2. The zero-order chi connectivity index (χ0) is 72.1. The number of halogens is 5. The Labute approximate surface area is 592 Å². The highest BCUT2D eigenvalue weighted by Gasteiger charge is 2.53. The first-order chi connectivity index (χ1) is 47.2. The van der Waals surface area contributed by atoms with Gasteiger partial charge < -0.3 is 38.6 Å². The zero-order valence-corrected chi connectivity index (χ0v) is 59.4. The molecule has 0 unspecified atom stereocenters. The minimum Gasteiger partial charge on any atom is -0.455 e. The number of rotatable bonds is 14. The number of carbonyl (C=O) groups is 4. The van der Waals surface area contributed by atoms with Crippen molar-refractivity contribution >= 4 is 105 Å². The monoisotopic (exact) mass is 1480 g/mol. The predicted octanol–water partition coefficient (Wildman–Crippen LogP) is 13.7. The van der Waals surface area contributed by atoms with Crippen LogP contribution in [0.5, 0.6) is 0 Å². The van der Waals surface area contributed by atoms with Gasteiger partial charge in [-0.1, -0.05) is 65.8 Å². The van der Waals surface area contributed by atoms with Crippen molar-refractivity contribution < 1.29 is 71.7 Å². The molecule has 3 aliphatic heterocycles. The molecule has 18 nitrogen and oxygen atoms in total. The van der Waals surface area contributed by atoms with Crippen molar-refractivity contribution in [2.45, 2.75) is 72.3 Å². The Morgan fingerprint density at radius 3 is 1.33 bits per heavy atom. The number of hydrogen-bond donors (Lipinski definition) is 2. The van der Waals surface area contributed by atoms with E-state index in [1.165, 1.54) is 101 Å². The van der Waals surface area contributed by atoms with E-state index in [0.717, 1.165) is 59.8 Å². The van der Waals surface area contributed by atoms with E-state index in [1.54, 1.807) is 59.5 Å². The van der Waals surface area contributed by atoms with Crippen LogP contribution in [-0.2, 0) is 55.3 Å². The zero-order valence-electron chi connectivity index (χ0n) is 56.2. The SMILES string of the molecule is C.CNC(=O)c1c(-c2ccc(F)cc2)oc2cc(N(C)S(C)(=O)=O)c(-c3ccc4c(c3)C(=O)N(Cc3ccc(F)cc3)CC4)cc12.CNC(=O)c1c(-c2ccc(F)cc2)oc2cc(N(C)S(C)(=O)=O)c(B3OC(C)(C)C(C)(C)O3)cc12.O=C1c2cc(Br)ccc2CCN1Cc1ccc(F)cc1. The summed E-state index contributed by atoms with van der Waals surface area (Å²) in [4.78, 5) is 55.8. The number of carbonyl (C=O) groups excluding carboxylic acids is 4. The molecular formula is C75H74BBrF4N6O12S2. The average molecular weight is 1480 g/mol. The molecule has 0 bridgehead atoms. The maximum atomic E-state index is 13.7. The van der Waals surface area contributed by atoms with Crippen molar-refractivity contribution in [3.05, 3.63) is 230 Å². The van der Waals surface area contributed by atoms with Crippen molar-refractivity contribution in [2.24, 2.45) is 0 Å². The summed E-state index contributed by atoms with van der Waals surface area (Å²) in [5.41, 5.74) is 7.52. The largest absolute Gasteiger partial charge is 0.497 e. The molecule has 1 saturated heterocycles. The summed E-state index contributed by atoms with van der Waals surface area (Å²) in [6, 6.07) is 41.0. The molecule has 101 heavy (non-hydrogen) atoms. The van der Waals surface area contributed by atoms with Crippen LogP contribution in [0.25, 0.3) is 55.7 Å². The highest BCUT2D eigenvalue weighted by Crippen LogP contribution is 2.44. The fourth-order valence-electron chi connectivity index (χ4n) is 12.0. The van der Waals surface area contributed by atoms with Crippen molar-refractivity contribution in [2.75, 3.05) is 62.4 Å². The lowest BCUT2D eigenvalue weighted by molar-refractivity contribution is 0.00578. The maximum absolute atomic E-state index is 13.7.